The van der Waals surface area contributed by atoms with E-state index in [9.17, 15) is 4.79 Å². The smallest absolute Gasteiger partial charge is 0.268 e. The van der Waals surface area contributed by atoms with E-state index in [2.05, 4.69) is 33.3 Å². The minimum Gasteiger partial charge on any atom is -0.330 e. The molecule has 20 heavy (non-hydrogen) atoms. The van der Waals surface area contributed by atoms with E-state index >= 15 is 0 Å². The van der Waals surface area contributed by atoms with Crippen molar-refractivity contribution in [1.82, 2.24) is 14.5 Å². The Morgan fingerprint density at radius 2 is 2.35 bits per heavy atom. The average molecular weight is 307 g/mol. The molecule has 0 bridgehead atoms. The molecule has 106 valence electrons. The molecule has 0 radical (unpaired) electrons. The van der Waals surface area contributed by atoms with Crippen molar-refractivity contribution in [1.29, 1.82) is 0 Å². The van der Waals surface area contributed by atoms with E-state index in [1.165, 1.54) is 17.1 Å². The van der Waals surface area contributed by atoms with Crippen LogP contribution in [0.15, 0.2) is 16.8 Å². The van der Waals surface area contributed by atoms with Crippen LogP contribution in [0.25, 0.3) is 0 Å². The molecule has 1 aliphatic rings. The number of aryl methyl sites for hydroxylation is 1. The molecule has 3 rings (SSSR count). The first-order valence-electron chi connectivity index (χ1n) is 6.93. The number of rotatable bonds is 6. The summed E-state index contributed by atoms with van der Waals surface area (Å²) in [6.45, 7) is 2.80. The van der Waals surface area contributed by atoms with Crippen molar-refractivity contribution in [2.24, 2.45) is 0 Å². The third kappa shape index (κ3) is 2.91. The van der Waals surface area contributed by atoms with Crippen LogP contribution in [0, 0.1) is 0 Å². The van der Waals surface area contributed by atoms with E-state index in [4.69, 9.17) is 0 Å². The highest BCUT2D eigenvalue weighted by molar-refractivity contribution is 7.08. The third-order valence-corrected chi connectivity index (χ3v) is 4.91. The Morgan fingerprint density at radius 3 is 3.00 bits per heavy atom. The van der Waals surface area contributed by atoms with Crippen molar-refractivity contribution in [2.75, 3.05) is 0 Å². The highest BCUT2D eigenvalue weighted by atomic mass is 32.1. The van der Waals surface area contributed by atoms with Crippen molar-refractivity contribution in [2.45, 2.75) is 45.2 Å². The second-order valence-electron chi connectivity index (χ2n) is 5.09. The van der Waals surface area contributed by atoms with Crippen LogP contribution in [0.5, 0.6) is 0 Å². The van der Waals surface area contributed by atoms with E-state index in [0.29, 0.717) is 12.6 Å². The van der Waals surface area contributed by atoms with Gasteiger partial charge in [0, 0.05) is 12.6 Å². The molecule has 1 amide bonds. The summed E-state index contributed by atoms with van der Waals surface area (Å²) in [7, 11) is 0. The van der Waals surface area contributed by atoms with Gasteiger partial charge in [-0.1, -0.05) is 17.8 Å². The van der Waals surface area contributed by atoms with Crippen LogP contribution < -0.4 is 0 Å². The monoisotopic (exact) mass is 307 g/mol. The minimum absolute atomic E-state index is 0.108. The van der Waals surface area contributed by atoms with E-state index < -0.39 is 0 Å². The Morgan fingerprint density at radius 1 is 1.50 bits per heavy atom. The van der Waals surface area contributed by atoms with Gasteiger partial charge in [-0.25, -0.2) is 0 Å². The van der Waals surface area contributed by atoms with E-state index in [-0.39, 0.29) is 5.91 Å². The van der Waals surface area contributed by atoms with Gasteiger partial charge in [0.1, 0.15) is 4.88 Å². The molecule has 0 saturated heterocycles. The van der Waals surface area contributed by atoms with Gasteiger partial charge in [-0.05, 0) is 53.2 Å². The summed E-state index contributed by atoms with van der Waals surface area (Å²) in [5, 5.41) is 8.28. The molecule has 0 aromatic carbocycles. The molecule has 4 nitrogen and oxygen atoms in total. The second-order valence-corrected chi connectivity index (χ2v) is 6.63. The molecule has 6 heteroatoms. The first-order chi connectivity index (χ1) is 9.79. The van der Waals surface area contributed by atoms with E-state index in [0.717, 1.165) is 36.3 Å². The Bertz CT molecular complexity index is 575. The second kappa shape index (κ2) is 6.01. The van der Waals surface area contributed by atoms with Gasteiger partial charge < -0.3 is 4.90 Å². The van der Waals surface area contributed by atoms with Crippen LogP contribution in [0.1, 0.15) is 47.1 Å². The van der Waals surface area contributed by atoms with Gasteiger partial charge in [0.15, 0.2) is 0 Å². The van der Waals surface area contributed by atoms with Crippen LogP contribution in [0.4, 0.5) is 0 Å². The molecule has 0 N–H and O–H groups in total. The molecule has 0 unspecified atom stereocenters. The zero-order chi connectivity index (χ0) is 13.9. The topological polar surface area (TPSA) is 46.1 Å². The summed E-state index contributed by atoms with van der Waals surface area (Å²) < 4.78 is 3.97. The van der Waals surface area contributed by atoms with Crippen molar-refractivity contribution < 1.29 is 4.79 Å². The lowest BCUT2D eigenvalue weighted by atomic mass is 10.2. The lowest BCUT2D eigenvalue weighted by molar-refractivity contribution is 0.0733. The van der Waals surface area contributed by atoms with Gasteiger partial charge in [-0.15, -0.1) is 5.10 Å². The van der Waals surface area contributed by atoms with Crippen LogP contribution in [0.3, 0.4) is 0 Å². The van der Waals surface area contributed by atoms with E-state index in [1.807, 2.05) is 4.90 Å². The molecule has 1 fully saturated rings. The number of nitrogens with zero attached hydrogens (tertiary/aromatic N) is 3. The Labute approximate surface area is 126 Å². The first-order valence-corrected chi connectivity index (χ1v) is 8.64. The first kappa shape index (κ1) is 13.7. The molecule has 2 aromatic rings. The SMILES string of the molecule is CCCc1nnsc1C(=O)N(Cc1ccsc1)C1CC1. The standard InChI is InChI=1S/C14H17N3OS2/c1-2-3-12-13(20-16-15-12)14(18)17(11-4-5-11)8-10-6-7-19-9-10/h6-7,9,11H,2-5,8H2,1H3. The fourth-order valence-electron chi connectivity index (χ4n) is 2.23. The summed E-state index contributed by atoms with van der Waals surface area (Å²) in [6.07, 6.45) is 4.05. The van der Waals surface area contributed by atoms with Crippen molar-refractivity contribution >= 4 is 28.8 Å². The van der Waals surface area contributed by atoms with Crippen LogP contribution in [0.2, 0.25) is 0 Å². The van der Waals surface area contributed by atoms with Crippen molar-refractivity contribution in [3.63, 3.8) is 0 Å². The zero-order valence-electron chi connectivity index (χ0n) is 11.4. The highest BCUT2D eigenvalue weighted by Crippen LogP contribution is 2.31. The number of carbonyl (C=O) groups is 1. The van der Waals surface area contributed by atoms with Gasteiger partial charge in [-0.3, -0.25) is 4.79 Å². The molecule has 1 aliphatic carbocycles. The summed E-state index contributed by atoms with van der Waals surface area (Å²) in [5.41, 5.74) is 2.07. The highest BCUT2D eigenvalue weighted by Gasteiger charge is 2.34. The van der Waals surface area contributed by atoms with Gasteiger partial charge in [0.05, 0.1) is 5.69 Å². The van der Waals surface area contributed by atoms with Crippen LogP contribution >= 0.6 is 22.9 Å². The summed E-state index contributed by atoms with van der Waals surface area (Å²) in [5.74, 6) is 0.108. The summed E-state index contributed by atoms with van der Waals surface area (Å²) in [6, 6.07) is 2.49. The molecule has 1 saturated carbocycles. The van der Waals surface area contributed by atoms with Crippen molar-refractivity contribution in [3.8, 4) is 0 Å². The van der Waals surface area contributed by atoms with Gasteiger partial charge in [-0.2, -0.15) is 11.3 Å². The Balaban J connectivity index is 1.80. The number of hydrogen-bond donors (Lipinski definition) is 0. The fraction of sp³-hybridized carbons (Fsp3) is 0.500. The number of thiophene rings is 1. The fourth-order valence-corrected chi connectivity index (χ4v) is 3.56. The molecular formula is C14H17N3OS2. The number of hydrogen-bond acceptors (Lipinski definition) is 5. The maximum absolute atomic E-state index is 12.8. The van der Waals surface area contributed by atoms with E-state index in [1.54, 1.807) is 11.3 Å². The molecule has 0 aliphatic heterocycles. The maximum Gasteiger partial charge on any atom is 0.268 e. The zero-order valence-corrected chi connectivity index (χ0v) is 13.0. The Kier molecular flexibility index (Phi) is 4.12. The van der Waals surface area contributed by atoms with Crippen molar-refractivity contribution in [3.05, 3.63) is 33.0 Å². The largest absolute Gasteiger partial charge is 0.330 e. The number of amides is 1. The summed E-state index contributed by atoms with van der Waals surface area (Å²) >= 11 is 2.91. The van der Waals surface area contributed by atoms with Gasteiger partial charge >= 0.3 is 0 Å². The molecule has 0 spiro atoms. The van der Waals surface area contributed by atoms with Gasteiger partial charge in [0.2, 0.25) is 0 Å². The average Bonchev–Trinajstić information content (AvgIpc) is 2.97. The predicted molar refractivity (Wildman–Crippen MR) is 81.1 cm³/mol. The summed E-state index contributed by atoms with van der Waals surface area (Å²) in [4.78, 5) is 15.5. The van der Waals surface area contributed by atoms with Gasteiger partial charge in [0.25, 0.3) is 5.91 Å². The number of aromatic nitrogens is 2. The molecule has 2 heterocycles. The normalized spacial score (nSPS) is 14.4. The molecular weight excluding hydrogens is 290 g/mol. The molecule has 0 atom stereocenters. The van der Waals surface area contributed by atoms with Crippen LogP contribution in [-0.4, -0.2) is 26.4 Å². The quantitative estimate of drug-likeness (QED) is 0.822. The number of carbonyl (C=O) groups excluding carboxylic acids is 1. The maximum atomic E-state index is 12.8. The predicted octanol–water partition coefficient (Wildman–Crippen LogP) is 3.36. The Hall–Kier alpha value is -1.27. The lowest BCUT2D eigenvalue weighted by Crippen LogP contribution is -2.32. The lowest BCUT2D eigenvalue weighted by Gasteiger charge is -2.21. The molecule has 2 aromatic heterocycles. The minimum atomic E-state index is 0.108. The third-order valence-electron chi connectivity index (χ3n) is 3.42. The van der Waals surface area contributed by atoms with Crippen LogP contribution in [-0.2, 0) is 13.0 Å².